The first-order valence-corrected chi connectivity index (χ1v) is 8.69. The van der Waals surface area contributed by atoms with Gasteiger partial charge in [0, 0.05) is 0 Å². The van der Waals surface area contributed by atoms with E-state index in [4.69, 9.17) is 0 Å². The van der Waals surface area contributed by atoms with E-state index in [-0.39, 0.29) is 0 Å². The highest BCUT2D eigenvalue weighted by molar-refractivity contribution is 14.2. The van der Waals surface area contributed by atoms with Crippen LogP contribution in [-0.4, -0.2) is 15.7 Å². The van der Waals surface area contributed by atoms with Gasteiger partial charge in [0.05, 0.1) is 0 Å². The Labute approximate surface area is 85.4 Å². The lowest BCUT2D eigenvalue weighted by Crippen LogP contribution is -2.22. The van der Waals surface area contributed by atoms with E-state index < -0.39 is 7.20 Å². The van der Waals surface area contributed by atoms with E-state index in [1.165, 1.54) is 0 Å². The molecule has 0 atom stereocenters. The Hall–Kier alpha value is 1.08. The van der Waals surface area contributed by atoms with Gasteiger partial charge >= 0.3 is 0 Å². The maximum absolute atomic E-state index is 2.73. The lowest BCUT2D eigenvalue weighted by Gasteiger charge is -2.45. The smallest absolute Gasteiger partial charge is 0.00809 e. The summed E-state index contributed by atoms with van der Waals surface area (Å²) in [5.41, 5.74) is 0. The minimum absolute atomic E-state index is 0.419. The molecule has 0 rings (SSSR count). The third kappa shape index (κ3) is 2.51. The Morgan fingerprint density at radius 3 is 0.909 bits per heavy atom. The lowest BCUT2D eigenvalue weighted by molar-refractivity contribution is 0.970. The fourth-order valence-corrected chi connectivity index (χ4v) is 4.90. The quantitative estimate of drug-likeness (QED) is 0.677. The summed E-state index contributed by atoms with van der Waals surface area (Å²) in [5, 5.41) is 2.55. The van der Waals surface area contributed by atoms with E-state index in [1.807, 2.05) is 0 Å². The van der Waals surface area contributed by atoms with Gasteiger partial charge in [-0.25, -0.2) is 0 Å². The fraction of sp³-hybridized carbons (Fsp3) is 1.00. The zero-order valence-electron chi connectivity index (χ0n) is 8.52. The standard InChI is InChI=1S/C9H21IS/c1-7(2)11(10,8(3)4)9(5)6/h7-9H,1-6H3. The molecule has 0 heterocycles. The molecule has 0 saturated heterocycles. The summed E-state index contributed by atoms with van der Waals surface area (Å²) >= 11 is 2.73. The van der Waals surface area contributed by atoms with Gasteiger partial charge in [-0.1, -0.05) is 41.5 Å². The van der Waals surface area contributed by atoms with Gasteiger partial charge in [0.25, 0.3) is 0 Å². The average Bonchev–Trinajstić information content (AvgIpc) is 1.84. The van der Waals surface area contributed by atoms with Crippen LogP contribution in [0.15, 0.2) is 0 Å². The number of rotatable bonds is 3. The van der Waals surface area contributed by atoms with Crippen LogP contribution in [0.5, 0.6) is 0 Å². The van der Waals surface area contributed by atoms with Crippen LogP contribution in [-0.2, 0) is 0 Å². The minimum atomic E-state index is -0.419. The maximum Gasteiger partial charge on any atom is -0.00809 e. The van der Waals surface area contributed by atoms with Gasteiger partial charge in [0.15, 0.2) is 0 Å². The Balaban J connectivity index is 4.53. The molecular weight excluding hydrogens is 267 g/mol. The Morgan fingerprint density at radius 2 is 0.909 bits per heavy atom. The molecule has 0 spiro atoms. The Morgan fingerprint density at radius 1 is 0.727 bits per heavy atom. The molecule has 0 aliphatic heterocycles. The topological polar surface area (TPSA) is 0 Å². The van der Waals surface area contributed by atoms with Crippen molar-refractivity contribution in [2.45, 2.75) is 57.3 Å². The SMILES string of the molecule is CC(C)S(I)(C(C)C)C(C)C. The van der Waals surface area contributed by atoms with Crippen molar-refractivity contribution >= 4 is 28.4 Å². The molecule has 0 amide bonds. The molecule has 0 N–H and O–H groups in total. The van der Waals surface area contributed by atoms with E-state index in [2.05, 4.69) is 62.7 Å². The van der Waals surface area contributed by atoms with Gasteiger partial charge < -0.3 is 0 Å². The van der Waals surface area contributed by atoms with E-state index in [0.29, 0.717) is 0 Å². The molecule has 0 aromatic heterocycles. The summed E-state index contributed by atoms with van der Waals surface area (Å²) in [5.74, 6) is 0. The average molecular weight is 288 g/mol. The summed E-state index contributed by atoms with van der Waals surface area (Å²) in [6.07, 6.45) is 0. The first-order valence-electron chi connectivity index (χ1n) is 4.33. The second kappa shape index (κ2) is 4.35. The van der Waals surface area contributed by atoms with Gasteiger partial charge in [0.2, 0.25) is 0 Å². The van der Waals surface area contributed by atoms with Gasteiger partial charge in [-0.3, -0.25) is 0 Å². The molecule has 0 aromatic carbocycles. The minimum Gasteiger partial charge on any atom is -0.180 e. The van der Waals surface area contributed by atoms with Gasteiger partial charge in [-0.15, -0.1) is 0 Å². The van der Waals surface area contributed by atoms with Crippen molar-refractivity contribution < 1.29 is 0 Å². The van der Waals surface area contributed by atoms with Gasteiger partial charge in [-0.05, 0) is 37.0 Å². The normalized spacial score (nSPS) is 15.1. The summed E-state index contributed by atoms with van der Waals surface area (Å²) in [6, 6.07) is 0. The van der Waals surface area contributed by atoms with Crippen molar-refractivity contribution in [2.75, 3.05) is 0 Å². The first kappa shape index (κ1) is 12.1. The lowest BCUT2D eigenvalue weighted by atomic mass is 10.5. The van der Waals surface area contributed by atoms with Crippen LogP contribution in [0, 0.1) is 0 Å². The van der Waals surface area contributed by atoms with Crippen LogP contribution in [0.2, 0.25) is 0 Å². The van der Waals surface area contributed by atoms with Crippen LogP contribution >= 0.6 is 28.4 Å². The van der Waals surface area contributed by atoms with Gasteiger partial charge in [0.1, 0.15) is 0 Å². The molecule has 2 heteroatoms. The molecule has 0 bridgehead atoms. The molecular formula is C9H21IS. The predicted molar refractivity (Wildman–Crippen MR) is 67.0 cm³/mol. The number of halogens is 1. The molecule has 0 fully saturated rings. The molecule has 70 valence electrons. The van der Waals surface area contributed by atoms with Crippen LogP contribution < -0.4 is 0 Å². The fourth-order valence-electron chi connectivity index (χ4n) is 1.63. The van der Waals surface area contributed by atoms with Crippen LogP contribution in [0.25, 0.3) is 0 Å². The molecule has 0 aliphatic carbocycles. The van der Waals surface area contributed by atoms with E-state index in [0.717, 1.165) is 15.7 Å². The van der Waals surface area contributed by atoms with Gasteiger partial charge in [-0.2, -0.15) is 7.20 Å². The summed E-state index contributed by atoms with van der Waals surface area (Å²) in [6.45, 7) is 14.2. The van der Waals surface area contributed by atoms with Crippen molar-refractivity contribution in [3.05, 3.63) is 0 Å². The summed E-state index contributed by atoms with van der Waals surface area (Å²) < 4.78 is 0. The van der Waals surface area contributed by atoms with E-state index >= 15 is 0 Å². The van der Waals surface area contributed by atoms with Crippen LogP contribution in [0.1, 0.15) is 41.5 Å². The summed E-state index contributed by atoms with van der Waals surface area (Å²) in [4.78, 5) is 0. The maximum atomic E-state index is 2.73. The number of hydrogen-bond donors (Lipinski definition) is 0. The predicted octanol–water partition coefficient (Wildman–Crippen LogP) is 4.37. The molecule has 0 nitrogen and oxygen atoms in total. The molecule has 0 aromatic rings. The number of hydrogen-bond acceptors (Lipinski definition) is 0. The molecule has 0 unspecified atom stereocenters. The van der Waals surface area contributed by atoms with E-state index in [1.54, 1.807) is 0 Å². The zero-order valence-corrected chi connectivity index (χ0v) is 11.5. The molecule has 0 aliphatic rings. The molecule has 0 radical (unpaired) electrons. The van der Waals surface area contributed by atoms with Crippen molar-refractivity contribution in [3.8, 4) is 0 Å². The third-order valence-electron chi connectivity index (χ3n) is 2.17. The first-order chi connectivity index (χ1) is 4.83. The monoisotopic (exact) mass is 288 g/mol. The molecule has 0 saturated carbocycles. The van der Waals surface area contributed by atoms with Crippen molar-refractivity contribution in [3.63, 3.8) is 0 Å². The second-order valence-corrected chi connectivity index (χ2v) is 12.6. The van der Waals surface area contributed by atoms with E-state index in [9.17, 15) is 0 Å². The van der Waals surface area contributed by atoms with Crippen LogP contribution in [0.3, 0.4) is 0 Å². The Kier molecular flexibility index (Phi) is 4.78. The van der Waals surface area contributed by atoms with Crippen molar-refractivity contribution in [1.82, 2.24) is 0 Å². The zero-order chi connectivity index (χ0) is 9.23. The highest BCUT2D eigenvalue weighted by Gasteiger charge is 2.31. The highest BCUT2D eigenvalue weighted by Crippen LogP contribution is 2.66. The van der Waals surface area contributed by atoms with Crippen molar-refractivity contribution in [1.29, 1.82) is 0 Å². The summed E-state index contributed by atoms with van der Waals surface area (Å²) in [7, 11) is -0.419. The van der Waals surface area contributed by atoms with Crippen LogP contribution in [0.4, 0.5) is 0 Å². The third-order valence-corrected chi connectivity index (χ3v) is 15.7. The van der Waals surface area contributed by atoms with Crippen molar-refractivity contribution in [2.24, 2.45) is 0 Å². The Bertz CT molecular complexity index is 97.0. The second-order valence-electron chi connectivity index (χ2n) is 3.82. The molecule has 11 heavy (non-hydrogen) atoms. The highest BCUT2D eigenvalue weighted by atomic mass is 127. The largest absolute Gasteiger partial charge is 0.180 e.